The molecule has 18 heavy (non-hydrogen) atoms. The first-order valence-electron chi connectivity index (χ1n) is 6.14. The molecule has 1 aromatic carbocycles. The minimum atomic E-state index is 0.142. The van der Waals surface area contributed by atoms with E-state index in [0.717, 1.165) is 17.1 Å². The van der Waals surface area contributed by atoms with E-state index in [0.29, 0.717) is 0 Å². The number of aryl methyl sites for hydroxylation is 2. The van der Waals surface area contributed by atoms with Crippen molar-refractivity contribution in [3.63, 3.8) is 0 Å². The van der Waals surface area contributed by atoms with Crippen LogP contribution in [0.5, 0.6) is 0 Å². The number of nitrogens with two attached hydrogens (primary N) is 1. The summed E-state index contributed by atoms with van der Waals surface area (Å²) in [6, 6.07) is 10.7. The first-order valence-corrected chi connectivity index (χ1v) is 6.96. The number of nitrogens with zero attached hydrogens (tertiary/aromatic N) is 2. The SMILES string of the molecule is CCC(N)c1ccc(Sc2cc(C)nn2C)cc1. The van der Waals surface area contributed by atoms with Crippen molar-refractivity contribution in [3.8, 4) is 0 Å². The third-order valence-corrected chi connectivity index (χ3v) is 4.03. The van der Waals surface area contributed by atoms with Crippen LogP contribution in [-0.4, -0.2) is 9.78 Å². The van der Waals surface area contributed by atoms with Crippen molar-refractivity contribution in [2.24, 2.45) is 12.8 Å². The molecule has 1 aromatic heterocycles. The summed E-state index contributed by atoms with van der Waals surface area (Å²) >= 11 is 1.72. The topological polar surface area (TPSA) is 43.8 Å². The normalized spacial score (nSPS) is 12.7. The van der Waals surface area contributed by atoms with Crippen LogP contribution < -0.4 is 5.73 Å². The third-order valence-electron chi connectivity index (χ3n) is 2.93. The summed E-state index contributed by atoms with van der Waals surface area (Å²) in [7, 11) is 1.97. The lowest BCUT2D eigenvalue weighted by molar-refractivity contribution is 0.692. The number of hydrogen-bond acceptors (Lipinski definition) is 3. The Bertz CT molecular complexity index is 516. The standard InChI is InChI=1S/C14H19N3S/c1-4-13(15)11-5-7-12(8-6-11)18-14-9-10(2)16-17(14)3/h5-9,13H,4,15H2,1-3H3. The maximum absolute atomic E-state index is 6.00. The highest BCUT2D eigenvalue weighted by Crippen LogP contribution is 2.28. The van der Waals surface area contributed by atoms with Gasteiger partial charge in [-0.1, -0.05) is 30.8 Å². The molecule has 0 saturated carbocycles. The van der Waals surface area contributed by atoms with Gasteiger partial charge in [0.25, 0.3) is 0 Å². The summed E-state index contributed by atoms with van der Waals surface area (Å²) < 4.78 is 1.91. The van der Waals surface area contributed by atoms with E-state index in [-0.39, 0.29) is 6.04 Å². The molecule has 0 aliphatic rings. The zero-order valence-electron chi connectivity index (χ0n) is 11.1. The molecule has 0 amide bonds. The lowest BCUT2D eigenvalue weighted by atomic mass is 10.1. The van der Waals surface area contributed by atoms with E-state index in [2.05, 4.69) is 42.4 Å². The molecule has 0 fully saturated rings. The highest BCUT2D eigenvalue weighted by molar-refractivity contribution is 7.99. The molecule has 96 valence electrons. The highest BCUT2D eigenvalue weighted by Gasteiger charge is 2.06. The fraction of sp³-hybridized carbons (Fsp3) is 0.357. The van der Waals surface area contributed by atoms with Crippen molar-refractivity contribution in [2.75, 3.05) is 0 Å². The van der Waals surface area contributed by atoms with Gasteiger partial charge in [0.2, 0.25) is 0 Å². The average Bonchev–Trinajstić information content (AvgIpc) is 2.68. The van der Waals surface area contributed by atoms with Gasteiger partial charge in [-0.25, -0.2) is 0 Å². The molecule has 2 N–H and O–H groups in total. The molecule has 0 aliphatic heterocycles. The predicted octanol–water partition coefficient (Wildman–Crippen LogP) is 3.29. The van der Waals surface area contributed by atoms with Gasteiger partial charge in [-0.3, -0.25) is 4.68 Å². The van der Waals surface area contributed by atoms with Crippen molar-refractivity contribution in [1.82, 2.24) is 9.78 Å². The molecular weight excluding hydrogens is 242 g/mol. The Balaban J connectivity index is 2.13. The quantitative estimate of drug-likeness (QED) is 0.918. The minimum Gasteiger partial charge on any atom is -0.324 e. The Morgan fingerprint density at radius 2 is 2.00 bits per heavy atom. The third kappa shape index (κ3) is 2.94. The van der Waals surface area contributed by atoms with E-state index >= 15 is 0 Å². The summed E-state index contributed by atoms with van der Waals surface area (Å²) in [5.74, 6) is 0. The van der Waals surface area contributed by atoms with Gasteiger partial charge in [0.05, 0.1) is 10.7 Å². The second-order valence-electron chi connectivity index (χ2n) is 4.43. The maximum Gasteiger partial charge on any atom is 0.0986 e. The number of rotatable bonds is 4. The summed E-state index contributed by atoms with van der Waals surface area (Å²) in [6.45, 7) is 4.11. The Morgan fingerprint density at radius 3 is 2.50 bits per heavy atom. The highest BCUT2D eigenvalue weighted by atomic mass is 32.2. The predicted molar refractivity (Wildman–Crippen MR) is 75.7 cm³/mol. The Morgan fingerprint density at radius 1 is 1.33 bits per heavy atom. The molecule has 2 aromatic rings. The fourth-order valence-corrected chi connectivity index (χ4v) is 2.74. The Labute approximate surface area is 112 Å². The molecule has 2 rings (SSSR count). The van der Waals surface area contributed by atoms with E-state index in [1.165, 1.54) is 10.5 Å². The van der Waals surface area contributed by atoms with Crippen LogP contribution in [0.25, 0.3) is 0 Å². The van der Waals surface area contributed by atoms with Gasteiger partial charge in [-0.15, -0.1) is 0 Å². The van der Waals surface area contributed by atoms with Crippen LogP contribution in [0, 0.1) is 6.92 Å². The van der Waals surface area contributed by atoms with Crippen molar-refractivity contribution in [3.05, 3.63) is 41.6 Å². The van der Waals surface area contributed by atoms with Crippen LogP contribution in [0.4, 0.5) is 0 Å². The Kier molecular flexibility index (Phi) is 4.09. The van der Waals surface area contributed by atoms with E-state index in [1.807, 2.05) is 18.7 Å². The monoisotopic (exact) mass is 261 g/mol. The smallest absolute Gasteiger partial charge is 0.0986 e. The van der Waals surface area contributed by atoms with Crippen molar-refractivity contribution < 1.29 is 0 Å². The molecule has 3 nitrogen and oxygen atoms in total. The fourth-order valence-electron chi connectivity index (χ4n) is 1.82. The molecule has 0 spiro atoms. The summed E-state index contributed by atoms with van der Waals surface area (Å²) in [5.41, 5.74) is 8.25. The van der Waals surface area contributed by atoms with Crippen LogP contribution in [0.1, 0.15) is 30.6 Å². The van der Waals surface area contributed by atoms with E-state index in [9.17, 15) is 0 Å². The second-order valence-corrected chi connectivity index (χ2v) is 5.53. The molecule has 4 heteroatoms. The van der Waals surface area contributed by atoms with E-state index in [4.69, 9.17) is 5.73 Å². The second kappa shape index (κ2) is 5.59. The number of benzene rings is 1. The van der Waals surface area contributed by atoms with Gasteiger partial charge >= 0.3 is 0 Å². The summed E-state index contributed by atoms with van der Waals surface area (Å²) in [6.07, 6.45) is 0.966. The number of aromatic nitrogens is 2. The van der Waals surface area contributed by atoms with Crippen molar-refractivity contribution >= 4 is 11.8 Å². The zero-order valence-corrected chi connectivity index (χ0v) is 11.9. The van der Waals surface area contributed by atoms with Crippen LogP contribution in [-0.2, 0) is 7.05 Å². The van der Waals surface area contributed by atoms with Gasteiger partial charge in [0, 0.05) is 18.0 Å². The van der Waals surface area contributed by atoms with Crippen LogP contribution in [0.15, 0.2) is 40.3 Å². The largest absolute Gasteiger partial charge is 0.324 e. The molecule has 0 bridgehead atoms. The van der Waals surface area contributed by atoms with Gasteiger partial charge in [0.1, 0.15) is 0 Å². The number of hydrogen-bond donors (Lipinski definition) is 1. The average molecular weight is 261 g/mol. The van der Waals surface area contributed by atoms with Crippen LogP contribution >= 0.6 is 11.8 Å². The van der Waals surface area contributed by atoms with Crippen LogP contribution in [0.2, 0.25) is 0 Å². The molecule has 0 aliphatic carbocycles. The first-order chi connectivity index (χ1) is 8.60. The van der Waals surface area contributed by atoms with Crippen molar-refractivity contribution in [1.29, 1.82) is 0 Å². The Hall–Kier alpha value is -1.26. The maximum atomic E-state index is 6.00. The van der Waals surface area contributed by atoms with Crippen molar-refractivity contribution in [2.45, 2.75) is 36.2 Å². The molecule has 0 radical (unpaired) electrons. The zero-order chi connectivity index (χ0) is 13.1. The summed E-state index contributed by atoms with van der Waals surface area (Å²) in [4.78, 5) is 1.21. The van der Waals surface area contributed by atoms with Gasteiger partial charge < -0.3 is 5.73 Å². The minimum absolute atomic E-state index is 0.142. The van der Waals surface area contributed by atoms with Gasteiger partial charge in [-0.2, -0.15) is 5.10 Å². The first kappa shape index (κ1) is 13.2. The van der Waals surface area contributed by atoms with E-state index in [1.54, 1.807) is 11.8 Å². The molecular formula is C14H19N3S. The van der Waals surface area contributed by atoms with Gasteiger partial charge in [0.15, 0.2) is 0 Å². The van der Waals surface area contributed by atoms with Crippen LogP contribution in [0.3, 0.4) is 0 Å². The molecule has 0 saturated heterocycles. The van der Waals surface area contributed by atoms with E-state index < -0.39 is 0 Å². The van der Waals surface area contributed by atoms with Gasteiger partial charge in [-0.05, 0) is 37.1 Å². The summed E-state index contributed by atoms with van der Waals surface area (Å²) in [5, 5.41) is 5.49. The molecule has 1 atom stereocenters. The molecule has 1 heterocycles. The lowest BCUT2D eigenvalue weighted by Crippen LogP contribution is -2.07. The molecule has 1 unspecified atom stereocenters. The lowest BCUT2D eigenvalue weighted by Gasteiger charge is -2.09.